The SMILES string of the molecule is CCCCC[CH](N1C(=O)c2ccccc2C1=O)[Sn]([CH2]CCC)([CH2]CCC)[CH2]CCC. The quantitative estimate of drug-likeness (QED) is 0.136. The summed E-state index contributed by atoms with van der Waals surface area (Å²) in [5, 5.41) is 0. The maximum atomic E-state index is 13.5. The van der Waals surface area contributed by atoms with Gasteiger partial charge in [0, 0.05) is 0 Å². The van der Waals surface area contributed by atoms with E-state index in [1.165, 1.54) is 64.7 Å². The molecule has 0 aliphatic carbocycles. The third kappa shape index (κ3) is 5.89. The number of hydrogen-bond acceptors (Lipinski definition) is 2. The van der Waals surface area contributed by atoms with Crippen LogP contribution in [0.1, 0.15) is 113 Å². The summed E-state index contributed by atoms with van der Waals surface area (Å²) in [4.78, 5) is 28.8. The topological polar surface area (TPSA) is 37.4 Å². The molecule has 0 spiro atoms. The van der Waals surface area contributed by atoms with Crippen LogP contribution in [0.4, 0.5) is 0 Å². The van der Waals surface area contributed by atoms with Crippen molar-refractivity contribution < 1.29 is 9.59 Å². The Morgan fingerprint density at radius 1 is 0.700 bits per heavy atom. The average Bonchev–Trinajstić information content (AvgIpc) is 3.02. The number of rotatable bonds is 15. The van der Waals surface area contributed by atoms with E-state index in [1.54, 1.807) is 4.90 Å². The molecule has 0 radical (unpaired) electrons. The molecular weight excluding hydrogens is 477 g/mol. The summed E-state index contributed by atoms with van der Waals surface area (Å²) in [5.41, 5.74) is 1.26. The molecular formula is C26H43NO2Sn. The van der Waals surface area contributed by atoms with E-state index in [-0.39, 0.29) is 15.9 Å². The van der Waals surface area contributed by atoms with Crippen LogP contribution >= 0.6 is 0 Å². The fraction of sp³-hybridized carbons (Fsp3) is 0.692. The summed E-state index contributed by atoms with van der Waals surface area (Å²) >= 11 is -2.81. The Morgan fingerprint density at radius 3 is 1.53 bits per heavy atom. The van der Waals surface area contributed by atoms with E-state index in [9.17, 15) is 9.59 Å². The Bertz CT molecular complexity index is 631. The molecule has 0 N–H and O–H groups in total. The van der Waals surface area contributed by atoms with Crippen LogP contribution in [-0.4, -0.2) is 39.1 Å². The van der Waals surface area contributed by atoms with Crippen molar-refractivity contribution in [2.24, 2.45) is 0 Å². The number of carbonyl (C=O) groups is 2. The summed E-state index contributed by atoms with van der Waals surface area (Å²) in [5.74, 6) is -0.0228. The van der Waals surface area contributed by atoms with E-state index < -0.39 is 18.4 Å². The Hall–Kier alpha value is -0.841. The van der Waals surface area contributed by atoms with Crippen molar-refractivity contribution in [2.75, 3.05) is 0 Å². The first-order valence-electron chi connectivity index (χ1n) is 12.5. The van der Waals surface area contributed by atoms with Crippen molar-refractivity contribution in [1.82, 2.24) is 4.90 Å². The van der Waals surface area contributed by atoms with Crippen molar-refractivity contribution in [3.05, 3.63) is 35.4 Å². The molecule has 1 unspecified atom stereocenters. The maximum absolute atomic E-state index is 13.5. The Balaban J connectivity index is 2.48. The molecule has 3 nitrogen and oxygen atoms in total. The second-order valence-electron chi connectivity index (χ2n) is 9.21. The minimum absolute atomic E-state index is 0.0114. The van der Waals surface area contributed by atoms with Gasteiger partial charge in [0.05, 0.1) is 0 Å². The molecule has 1 heterocycles. The first-order chi connectivity index (χ1) is 14.6. The van der Waals surface area contributed by atoms with Gasteiger partial charge in [-0.3, -0.25) is 0 Å². The van der Waals surface area contributed by atoms with Gasteiger partial charge in [-0.1, -0.05) is 0 Å². The van der Waals surface area contributed by atoms with Gasteiger partial charge in [0.15, 0.2) is 0 Å². The molecule has 1 aliphatic heterocycles. The molecule has 168 valence electrons. The predicted octanol–water partition coefficient (Wildman–Crippen LogP) is 7.62. The summed E-state index contributed by atoms with van der Waals surface area (Å²) in [6.07, 6.45) is 11.9. The second kappa shape index (κ2) is 12.9. The van der Waals surface area contributed by atoms with E-state index in [2.05, 4.69) is 27.7 Å². The molecule has 2 amide bonds. The summed E-state index contributed by atoms with van der Waals surface area (Å²) < 4.78 is 4.21. The van der Waals surface area contributed by atoms with Crippen LogP contribution in [0.25, 0.3) is 0 Å². The van der Waals surface area contributed by atoms with Crippen molar-refractivity contribution in [1.29, 1.82) is 0 Å². The molecule has 2 rings (SSSR count). The molecule has 4 heteroatoms. The number of unbranched alkanes of at least 4 members (excludes halogenated alkanes) is 5. The zero-order valence-electron chi connectivity index (χ0n) is 19.8. The van der Waals surface area contributed by atoms with Gasteiger partial charge in [-0.25, -0.2) is 0 Å². The standard InChI is InChI=1S/C14H16NO2.3C4H9.Sn/c1-2-3-4-7-10-15-13(16)11-8-5-6-9-12(11)14(15)17;3*1-3-4-2;/h5-6,8-10H,2-4,7H2,1H3;3*1,3-4H2,2H3;. The number of benzene rings is 1. The molecule has 1 aromatic rings. The predicted molar refractivity (Wildman–Crippen MR) is 130 cm³/mol. The van der Waals surface area contributed by atoms with Crippen molar-refractivity contribution in [3.63, 3.8) is 0 Å². The molecule has 30 heavy (non-hydrogen) atoms. The molecule has 0 saturated carbocycles. The molecule has 0 bridgehead atoms. The molecule has 0 fully saturated rings. The summed E-state index contributed by atoms with van der Waals surface area (Å²) in [6.45, 7) is 9.08. The van der Waals surface area contributed by atoms with Crippen LogP contribution in [-0.2, 0) is 0 Å². The number of hydrogen-bond donors (Lipinski definition) is 0. The van der Waals surface area contributed by atoms with Gasteiger partial charge < -0.3 is 0 Å². The van der Waals surface area contributed by atoms with Crippen LogP contribution in [0.5, 0.6) is 0 Å². The number of nitrogens with zero attached hydrogens (tertiary/aromatic N) is 1. The second-order valence-corrected chi connectivity index (χ2v) is 23.2. The van der Waals surface area contributed by atoms with Gasteiger partial charge in [-0.2, -0.15) is 0 Å². The Morgan fingerprint density at radius 2 is 1.13 bits per heavy atom. The van der Waals surface area contributed by atoms with Crippen LogP contribution in [0, 0.1) is 0 Å². The van der Waals surface area contributed by atoms with E-state index >= 15 is 0 Å². The van der Waals surface area contributed by atoms with Gasteiger partial charge in [-0.15, -0.1) is 0 Å². The molecule has 1 aromatic carbocycles. The zero-order valence-corrected chi connectivity index (χ0v) is 22.7. The minimum atomic E-state index is -2.81. The van der Waals surface area contributed by atoms with Crippen molar-refractivity contribution >= 4 is 30.2 Å². The van der Waals surface area contributed by atoms with Crippen molar-refractivity contribution in [2.45, 2.75) is 109 Å². The third-order valence-electron chi connectivity index (χ3n) is 7.01. The fourth-order valence-corrected chi connectivity index (χ4v) is 23.9. The monoisotopic (exact) mass is 521 g/mol. The normalized spacial score (nSPS) is 15.0. The van der Waals surface area contributed by atoms with E-state index in [4.69, 9.17) is 0 Å². The third-order valence-corrected chi connectivity index (χ3v) is 24.2. The summed E-state index contributed by atoms with van der Waals surface area (Å²) in [6, 6.07) is 7.47. The van der Waals surface area contributed by atoms with Gasteiger partial charge in [-0.05, 0) is 0 Å². The molecule has 0 aromatic heterocycles. The van der Waals surface area contributed by atoms with Gasteiger partial charge in [0.25, 0.3) is 0 Å². The zero-order chi connectivity index (χ0) is 22.0. The van der Waals surface area contributed by atoms with E-state index in [1.807, 2.05) is 24.3 Å². The van der Waals surface area contributed by atoms with Gasteiger partial charge in [0.1, 0.15) is 0 Å². The van der Waals surface area contributed by atoms with Gasteiger partial charge >= 0.3 is 189 Å². The van der Waals surface area contributed by atoms with E-state index in [0.717, 1.165) is 12.8 Å². The van der Waals surface area contributed by atoms with Gasteiger partial charge in [0.2, 0.25) is 0 Å². The first kappa shape index (κ1) is 25.4. The average molecular weight is 520 g/mol. The van der Waals surface area contributed by atoms with Crippen molar-refractivity contribution in [3.8, 4) is 0 Å². The first-order valence-corrected chi connectivity index (χ1v) is 20.2. The van der Waals surface area contributed by atoms with Crippen LogP contribution in [0.15, 0.2) is 24.3 Å². The molecule has 1 aliphatic rings. The number of fused-ring (bicyclic) bond motifs is 1. The Labute approximate surface area is 188 Å². The molecule has 1 atom stereocenters. The number of carbonyl (C=O) groups excluding carboxylic acids is 2. The number of amides is 2. The van der Waals surface area contributed by atoms with E-state index in [0.29, 0.717) is 11.1 Å². The fourth-order valence-electron chi connectivity index (χ4n) is 5.25. The molecule has 0 saturated heterocycles. The Kier molecular flexibility index (Phi) is 10.9. The number of imide groups is 1. The van der Waals surface area contributed by atoms with Crippen LogP contribution in [0.2, 0.25) is 13.3 Å². The summed E-state index contributed by atoms with van der Waals surface area (Å²) in [7, 11) is 0. The van der Waals surface area contributed by atoms with Crippen LogP contribution < -0.4 is 0 Å². The van der Waals surface area contributed by atoms with Crippen LogP contribution in [0.3, 0.4) is 0 Å².